The minimum Gasteiger partial charge on any atom is -0.497 e. The summed E-state index contributed by atoms with van der Waals surface area (Å²) in [5, 5.41) is 0.739. The standard InChI is InChI=1S/C11H12N2OS/c1-13-7-12-11(15)10(13)8-3-5-9(14-2)6-4-8/h3-7,15H,1-2H3. The molecule has 2 rings (SSSR count). The van der Waals surface area contributed by atoms with Gasteiger partial charge < -0.3 is 9.30 Å². The van der Waals surface area contributed by atoms with E-state index in [0.717, 1.165) is 22.0 Å². The molecular weight excluding hydrogens is 208 g/mol. The van der Waals surface area contributed by atoms with Crippen molar-refractivity contribution in [1.82, 2.24) is 9.55 Å². The SMILES string of the molecule is COc1ccc(-c2c(S)ncn2C)cc1. The van der Waals surface area contributed by atoms with E-state index in [1.165, 1.54) is 0 Å². The minimum atomic E-state index is 0.739. The summed E-state index contributed by atoms with van der Waals surface area (Å²) in [5.74, 6) is 0.849. The number of imidazole rings is 1. The molecule has 78 valence electrons. The summed E-state index contributed by atoms with van der Waals surface area (Å²) in [5.41, 5.74) is 2.10. The summed E-state index contributed by atoms with van der Waals surface area (Å²) in [4.78, 5) is 4.13. The number of hydrogen-bond acceptors (Lipinski definition) is 3. The van der Waals surface area contributed by atoms with Crippen LogP contribution in [0.15, 0.2) is 35.6 Å². The molecule has 3 nitrogen and oxygen atoms in total. The van der Waals surface area contributed by atoms with Gasteiger partial charge in [0.1, 0.15) is 10.8 Å². The third-order valence-electron chi connectivity index (χ3n) is 2.28. The third kappa shape index (κ3) is 1.85. The Kier molecular flexibility index (Phi) is 2.68. The minimum absolute atomic E-state index is 0.739. The van der Waals surface area contributed by atoms with E-state index in [1.54, 1.807) is 13.4 Å². The zero-order chi connectivity index (χ0) is 10.8. The van der Waals surface area contributed by atoms with Crippen molar-refractivity contribution in [3.8, 4) is 17.0 Å². The second kappa shape index (κ2) is 3.98. The van der Waals surface area contributed by atoms with Gasteiger partial charge in [0.2, 0.25) is 0 Å². The summed E-state index contributed by atoms with van der Waals surface area (Å²) in [6, 6.07) is 7.84. The molecule has 0 radical (unpaired) electrons. The summed E-state index contributed by atoms with van der Waals surface area (Å²) in [6.45, 7) is 0. The number of hydrogen-bond donors (Lipinski definition) is 1. The molecule has 0 spiro atoms. The monoisotopic (exact) mass is 220 g/mol. The molecule has 0 aliphatic heterocycles. The van der Waals surface area contributed by atoms with Crippen LogP contribution >= 0.6 is 12.6 Å². The van der Waals surface area contributed by atoms with Crippen LogP contribution in [0.2, 0.25) is 0 Å². The van der Waals surface area contributed by atoms with Crippen LogP contribution in [0.1, 0.15) is 0 Å². The molecule has 1 aromatic carbocycles. The molecule has 1 heterocycles. The molecular formula is C11H12N2OS. The lowest BCUT2D eigenvalue weighted by Crippen LogP contribution is -1.90. The topological polar surface area (TPSA) is 27.1 Å². The van der Waals surface area contributed by atoms with Gasteiger partial charge in [0.05, 0.1) is 19.1 Å². The van der Waals surface area contributed by atoms with Crippen molar-refractivity contribution in [3.63, 3.8) is 0 Å². The molecule has 0 saturated carbocycles. The third-order valence-corrected chi connectivity index (χ3v) is 2.61. The van der Waals surface area contributed by atoms with E-state index in [-0.39, 0.29) is 0 Å². The largest absolute Gasteiger partial charge is 0.497 e. The van der Waals surface area contributed by atoms with Gasteiger partial charge >= 0.3 is 0 Å². The Balaban J connectivity index is 2.45. The number of ether oxygens (including phenoxy) is 1. The molecule has 0 fully saturated rings. The molecule has 4 heteroatoms. The van der Waals surface area contributed by atoms with Crippen LogP contribution in [-0.2, 0) is 7.05 Å². The van der Waals surface area contributed by atoms with Crippen molar-refractivity contribution in [1.29, 1.82) is 0 Å². The average molecular weight is 220 g/mol. The van der Waals surface area contributed by atoms with Crippen LogP contribution in [0, 0.1) is 0 Å². The van der Waals surface area contributed by atoms with E-state index in [4.69, 9.17) is 4.74 Å². The van der Waals surface area contributed by atoms with Gasteiger partial charge in [-0.15, -0.1) is 12.6 Å². The molecule has 0 aliphatic carbocycles. The Morgan fingerprint density at radius 1 is 1.27 bits per heavy atom. The van der Waals surface area contributed by atoms with Gasteiger partial charge in [0.15, 0.2) is 0 Å². The maximum atomic E-state index is 5.11. The smallest absolute Gasteiger partial charge is 0.119 e. The number of benzene rings is 1. The van der Waals surface area contributed by atoms with Gasteiger partial charge in [-0.1, -0.05) is 0 Å². The van der Waals surface area contributed by atoms with Crippen molar-refractivity contribution >= 4 is 12.6 Å². The fourth-order valence-electron chi connectivity index (χ4n) is 1.50. The Hall–Kier alpha value is -1.42. The Morgan fingerprint density at radius 2 is 1.93 bits per heavy atom. The molecule has 1 aromatic heterocycles. The summed E-state index contributed by atoms with van der Waals surface area (Å²) >= 11 is 4.32. The zero-order valence-corrected chi connectivity index (χ0v) is 9.53. The fraction of sp³-hybridized carbons (Fsp3) is 0.182. The van der Waals surface area contributed by atoms with Gasteiger partial charge in [-0.25, -0.2) is 4.98 Å². The fourth-order valence-corrected chi connectivity index (χ4v) is 1.84. The Labute approximate surface area is 94.1 Å². The molecule has 15 heavy (non-hydrogen) atoms. The first-order chi connectivity index (χ1) is 7.22. The number of aryl methyl sites for hydroxylation is 1. The molecule has 0 N–H and O–H groups in total. The van der Waals surface area contributed by atoms with Crippen LogP contribution in [0.4, 0.5) is 0 Å². The second-order valence-electron chi connectivity index (χ2n) is 3.26. The summed E-state index contributed by atoms with van der Waals surface area (Å²) in [7, 11) is 3.61. The first kappa shape index (κ1) is 10.1. The lowest BCUT2D eigenvalue weighted by atomic mass is 10.1. The number of aromatic nitrogens is 2. The van der Waals surface area contributed by atoms with Crippen molar-refractivity contribution in [2.24, 2.45) is 7.05 Å². The Bertz CT molecular complexity index is 442. The van der Waals surface area contributed by atoms with Crippen molar-refractivity contribution in [3.05, 3.63) is 30.6 Å². The number of nitrogens with zero attached hydrogens (tertiary/aromatic N) is 2. The maximum absolute atomic E-state index is 5.11. The lowest BCUT2D eigenvalue weighted by Gasteiger charge is -2.05. The van der Waals surface area contributed by atoms with E-state index in [9.17, 15) is 0 Å². The van der Waals surface area contributed by atoms with Crippen molar-refractivity contribution in [2.75, 3.05) is 7.11 Å². The van der Waals surface area contributed by atoms with Crippen LogP contribution in [0.3, 0.4) is 0 Å². The molecule has 0 saturated heterocycles. The molecule has 0 aliphatic rings. The van der Waals surface area contributed by atoms with E-state index in [2.05, 4.69) is 17.6 Å². The van der Waals surface area contributed by atoms with Crippen LogP contribution < -0.4 is 4.74 Å². The number of rotatable bonds is 2. The van der Waals surface area contributed by atoms with Gasteiger partial charge in [-0.05, 0) is 24.3 Å². The maximum Gasteiger partial charge on any atom is 0.119 e. The number of thiol groups is 1. The molecule has 0 amide bonds. The highest BCUT2D eigenvalue weighted by atomic mass is 32.1. The van der Waals surface area contributed by atoms with Crippen LogP contribution in [-0.4, -0.2) is 16.7 Å². The highest BCUT2D eigenvalue weighted by molar-refractivity contribution is 7.80. The quantitative estimate of drug-likeness (QED) is 0.787. The Morgan fingerprint density at radius 3 is 2.40 bits per heavy atom. The van der Waals surface area contributed by atoms with Gasteiger partial charge in [0, 0.05) is 12.6 Å². The molecule has 0 unspecified atom stereocenters. The van der Waals surface area contributed by atoms with E-state index >= 15 is 0 Å². The zero-order valence-electron chi connectivity index (χ0n) is 8.64. The first-order valence-electron chi connectivity index (χ1n) is 4.57. The van der Waals surface area contributed by atoms with Crippen molar-refractivity contribution in [2.45, 2.75) is 5.03 Å². The molecule has 2 aromatic rings. The first-order valence-corrected chi connectivity index (χ1v) is 5.02. The van der Waals surface area contributed by atoms with E-state index in [1.807, 2.05) is 35.9 Å². The summed E-state index contributed by atoms with van der Waals surface area (Å²) < 4.78 is 7.05. The van der Waals surface area contributed by atoms with Gasteiger partial charge in [-0.2, -0.15) is 0 Å². The normalized spacial score (nSPS) is 10.3. The highest BCUT2D eigenvalue weighted by Crippen LogP contribution is 2.26. The van der Waals surface area contributed by atoms with Gasteiger partial charge in [-0.3, -0.25) is 0 Å². The van der Waals surface area contributed by atoms with Crippen molar-refractivity contribution < 1.29 is 4.74 Å². The predicted molar refractivity (Wildman–Crippen MR) is 62.4 cm³/mol. The van der Waals surface area contributed by atoms with Crippen LogP contribution in [0.5, 0.6) is 5.75 Å². The lowest BCUT2D eigenvalue weighted by molar-refractivity contribution is 0.415. The van der Waals surface area contributed by atoms with E-state index in [0.29, 0.717) is 0 Å². The summed E-state index contributed by atoms with van der Waals surface area (Å²) in [6.07, 6.45) is 1.75. The van der Waals surface area contributed by atoms with E-state index < -0.39 is 0 Å². The number of methoxy groups -OCH3 is 1. The van der Waals surface area contributed by atoms with Gasteiger partial charge in [0.25, 0.3) is 0 Å². The molecule has 0 bridgehead atoms. The predicted octanol–water partition coefficient (Wildman–Crippen LogP) is 2.38. The average Bonchev–Trinajstić information content (AvgIpc) is 2.59. The molecule has 0 atom stereocenters. The van der Waals surface area contributed by atoms with Crippen LogP contribution in [0.25, 0.3) is 11.3 Å². The highest BCUT2D eigenvalue weighted by Gasteiger charge is 2.07. The second-order valence-corrected chi connectivity index (χ2v) is 3.68.